The lowest BCUT2D eigenvalue weighted by atomic mass is 9.80. The summed E-state index contributed by atoms with van der Waals surface area (Å²) in [5, 5.41) is 14.6. The van der Waals surface area contributed by atoms with Crippen LogP contribution in [0.2, 0.25) is 0 Å². The van der Waals surface area contributed by atoms with Gasteiger partial charge in [0, 0.05) is 12.5 Å². The van der Waals surface area contributed by atoms with Gasteiger partial charge in [0.1, 0.15) is 0 Å². The lowest BCUT2D eigenvalue weighted by Gasteiger charge is -2.42. The molecule has 0 bridgehead atoms. The van der Waals surface area contributed by atoms with Crippen LogP contribution in [0.4, 0.5) is 8.78 Å². The summed E-state index contributed by atoms with van der Waals surface area (Å²) in [5.41, 5.74) is 0.437. The van der Waals surface area contributed by atoms with Crippen LogP contribution in [0.3, 0.4) is 0 Å². The Labute approximate surface area is 176 Å². The number of aromatic hydroxyl groups is 1. The molecule has 1 N–H and O–H groups in total. The molecular weight excluding hydrogens is 404 g/mol. The summed E-state index contributed by atoms with van der Waals surface area (Å²) in [7, 11) is 0. The minimum atomic E-state index is -0.968. The van der Waals surface area contributed by atoms with Crippen molar-refractivity contribution in [1.29, 1.82) is 0 Å². The van der Waals surface area contributed by atoms with E-state index >= 15 is 0 Å². The number of amides is 1. The minimum absolute atomic E-state index is 0.167. The highest BCUT2D eigenvalue weighted by molar-refractivity contribution is 5.96. The van der Waals surface area contributed by atoms with Crippen LogP contribution in [-0.4, -0.2) is 38.3 Å². The Balaban J connectivity index is 1.78. The molecule has 3 aromatic rings. The molecule has 1 aromatic heterocycles. The van der Waals surface area contributed by atoms with E-state index < -0.39 is 40.7 Å². The first-order valence-electron chi connectivity index (χ1n) is 10.1. The van der Waals surface area contributed by atoms with Gasteiger partial charge in [0.2, 0.25) is 5.43 Å². The average Bonchev–Trinajstić information content (AvgIpc) is 3.26. The van der Waals surface area contributed by atoms with Gasteiger partial charge < -0.3 is 10.0 Å². The molecule has 158 valence electrons. The molecule has 0 saturated carbocycles. The van der Waals surface area contributed by atoms with Crippen LogP contribution < -0.4 is 5.43 Å². The van der Waals surface area contributed by atoms with Gasteiger partial charge in [-0.2, -0.15) is 5.10 Å². The van der Waals surface area contributed by atoms with E-state index in [1.54, 1.807) is 4.90 Å². The molecule has 0 unspecified atom stereocenters. The Morgan fingerprint density at radius 2 is 1.81 bits per heavy atom. The Hall–Kier alpha value is -3.55. The van der Waals surface area contributed by atoms with Crippen LogP contribution in [0.1, 0.15) is 46.4 Å². The topological polar surface area (TPSA) is 75.4 Å². The van der Waals surface area contributed by atoms with Crippen molar-refractivity contribution >= 4 is 5.91 Å². The van der Waals surface area contributed by atoms with Crippen LogP contribution in [0, 0.1) is 11.6 Å². The second kappa shape index (κ2) is 7.30. The predicted molar refractivity (Wildman–Crippen MR) is 108 cm³/mol. The Morgan fingerprint density at radius 3 is 2.55 bits per heavy atom. The van der Waals surface area contributed by atoms with E-state index in [0.717, 1.165) is 30.3 Å². The molecular formula is C23H19F2N3O3. The number of carbonyl (C=O) groups is 1. The number of benzene rings is 2. The quantitative estimate of drug-likeness (QED) is 0.702. The third-order valence-corrected chi connectivity index (χ3v) is 6.23. The summed E-state index contributed by atoms with van der Waals surface area (Å²) in [5.74, 6) is -3.50. The molecule has 8 heteroatoms. The highest BCUT2D eigenvalue weighted by atomic mass is 19.2. The maximum atomic E-state index is 14.2. The van der Waals surface area contributed by atoms with Gasteiger partial charge >= 0.3 is 0 Å². The number of carbonyl (C=O) groups excluding carboxylic acids is 1. The molecule has 2 aliphatic heterocycles. The molecule has 6 nitrogen and oxygen atoms in total. The van der Waals surface area contributed by atoms with Gasteiger partial charge in [-0.25, -0.2) is 8.78 Å². The van der Waals surface area contributed by atoms with Gasteiger partial charge in [0.15, 0.2) is 23.1 Å². The summed E-state index contributed by atoms with van der Waals surface area (Å²) < 4.78 is 29.3. The van der Waals surface area contributed by atoms with E-state index in [0.29, 0.717) is 18.5 Å². The standard InChI is InChI=1S/C23H19F2N3O3/c24-15-9-8-14(11-16(15)25)19(13-5-2-1-3-6-13)20-17-7-4-10-27(17)23(31)21-22(30)18(29)12-26-28(20)21/h1-3,5-6,8-9,11-12,17,19-20,30H,4,7,10H2/t17-,19+,20-/m1/s1. The van der Waals surface area contributed by atoms with Gasteiger partial charge in [-0.1, -0.05) is 36.4 Å². The van der Waals surface area contributed by atoms with Crippen LogP contribution >= 0.6 is 0 Å². The molecule has 1 saturated heterocycles. The van der Waals surface area contributed by atoms with E-state index in [1.807, 2.05) is 30.3 Å². The van der Waals surface area contributed by atoms with Crippen LogP contribution in [0.15, 0.2) is 59.5 Å². The van der Waals surface area contributed by atoms with Crippen LogP contribution in [0.5, 0.6) is 5.75 Å². The Bertz CT molecular complexity index is 1230. The van der Waals surface area contributed by atoms with E-state index in [4.69, 9.17) is 0 Å². The molecule has 3 atom stereocenters. The van der Waals surface area contributed by atoms with Gasteiger partial charge in [0.25, 0.3) is 5.91 Å². The summed E-state index contributed by atoms with van der Waals surface area (Å²) in [6, 6.07) is 12.3. The molecule has 3 heterocycles. The first-order chi connectivity index (χ1) is 15.0. The fraction of sp³-hybridized carbons (Fsp3) is 0.261. The summed E-state index contributed by atoms with van der Waals surface area (Å²) >= 11 is 0. The van der Waals surface area contributed by atoms with Crippen molar-refractivity contribution in [2.45, 2.75) is 30.8 Å². The molecule has 31 heavy (non-hydrogen) atoms. The van der Waals surface area contributed by atoms with Crippen molar-refractivity contribution in [1.82, 2.24) is 14.7 Å². The lowest BCUT2D eigenvalue weighted by Crippen LogP contribution is -2.50. The van der Waals surface area contributed by atoms with Gasteiger partial charge in [-0.3, -0.25) is 14.3 Å². The van der Waals surface area contributed by atoms with Crippen molar-refractivity contribution in [3.63, 3.8) is 0 Å². The minimum Gasteiger partial charge on any atom is -0.502 e. The molecule has 5 rings (SSSR count). The lowest BCUT2D eigenvalue weighted by molar-refractivity contribution is 0.0565. The summed E-state index contributed by atoms with van der Waals surface area (Å²) in [4.78, 5) is 26.8. The fourth-order valence-electron chi connectivity index (χ4n) is 4.90. The molecule has 2 aromatic carbocycles. The highest BCUT2D eigenvalue weighted by Crippen LogP contribution is 2.45. The van der Waals surface area contributed by atoms with Crippen molar-refractivity contribution < 1.29 is 18.7 Å². The zero-order chi connectivity index (χ0) is 21.7. The molecule has 0 aliphatic carbocycles. The first-order valence-corrected chi connectivity index (χ1v) is 10.1. The van der Waals surface area contributed by atoms with Gasteiger partial charge in [-0.05, 0) is 36.1 Å². The molecule has 1 fully saturated rings. The average molecular weight is 423 g/mol. The molecule has 0 radical (unpaired) electrons. The SMILES string of the molecule is O=C1c2c(O)c(=O)cnn2[C@@H]([C@@H](c2ccccc2)c2ccc(F)c(F)c2)[C@H]2CCCN12. The zero-order valence-electron chi connectivity index (χ0n) is 16.4. The second-order valence-electron chi connectivity index (χ2n) is 7.91. The Kier molecular flexibility index (Phi) is 4.57. The number of fused-ring (bicyclic) bond motifs is 2. The number of aromatic nitrogens is 2. The van der Waals surface area contributed by atoms with E-state index in [2.05, 4.69) is 5.10 Å². The highest BCUT2D eigenvalue weighted by Gasteiger charge is 2.48. The second-order valence-corrected chi connectivity index (χ2v) is 7.91. The molecule has 0 spiro atoms. The smallest absolute Gasteiger partial charge is 0.276 e. The number of hydrogen-bond donors (Lipinski definition) is 1. The number of nitrogens with zero attached hydrogens (tertiary/aromatic N) is 3. The largest absolute Gasteiger partial charge is 0.502 e. The van der Waals surface area contributed by atoms with E-state index in [9.17, 15) is 23.5 Å². The third-order valence-electron chi connectivity index (χ3n) is 6.23. The third kappa shape index (κ3) is 3.01. The van der Waals surface area contributed by atoms with Crippen molar-refractivity contribution in [3.8, 4) is 5.75 Å². The van der Waals surface area contributed by atoms with Crippen LogP contribution in [0.25, 0.3) is 0 Å². The fourth-order valence-corrected chi connectivity index (χ4v) is 4.90. The maximum Gasteiger partial charge on any atom is 0.276 e. The van der Waals surface area contributed by atoms with Crippen molar-refractivity contribution in [2.75, 3.05) is 6.54 Å². The number of hydrogen-bond acceptors (Lipinski definition) is 4. The van der Waals surface area contributed by atoms with Gasteiger partial charge in [-0.15, -0.1) is 0 Å². The summed E-state index contributed by atoms with van der Waals surface area (Å²) in [6.07, 6.45) is 2.43. The predicted octanol–water partition coefficient (Wildman–Crippen LogP) is 3.22. The molecule has 2 aliphatic rings. The van der Waals surface area contributed by atoms with Crippen molar-refractivity contribution in [3.05, 3.63) is 93.4 Å². The van der Waals surface area contributed by atoms with E-state index in [1.165, 1.54) is 10.7 Å². The van der Waals surface area contributed by atoms with Gasteiger partial charge in [0.05, 0.1) is 18.3 Å². The maximum absolute atomic E-state index is 14.2. The number of rotatable bonds is 3. The van der Waals surface area contributed by atoms with E-state index in [-0.39, 0.29) is 11.7 Å². The normalized spacial score (nSPS) is 21.0. The van der Waals surface area contributed by atoms with Crippen LogP contribution in [-0.2, 0) is 0 Å². The van der Waals surface area contributed by atoms with Crippen molar-refractivity contribution in [2.24, 2.45) is 0 Å². The summed E-state index contributed by atoms with van der Waals surface area (Å²) in [6.45, 7) is 0.488. The first kappa shape index (κ1) is 19.4. The monoisotopic (exact) mass is 423 g/mol. The molecule has 1 amide bonds. The zero-order valence-corrected chi connectivity index (χ0v) is 16.4. The Morgan fingerprint density at radius 1 is 1.03 bits per heavy atom. The number of halogens is 2.